The van der Waals surface area contributed by atoms with Gasteiger partial charge in [-0.15, -0.1) is 0 Å². The van der Waals surface area contributed by atoms with E-state index in [4.69, 9.17) is 0 Å². The SMILES string of the molecule is CCCNC(=O)CN=C(NCC)N1CCC(CC(C)C)C1. The van der Waals surface area contributed by atoms with Crippen LogP contribution in [0.5, 0.6) is 0 Å². The first-order valence-corrected chi connectivity index (χ1v) is 8.36. The molecule has 5 heteroatoms. The maximum Gasteiger partial charge on any atom is 0.241 e. The van der Waals surface area contributed by atoms with Crippen molar-refractivity contribution in [1.29, 1.82) is 0 Å². The van der Waals surface area contributed by atoms with Crippen LogP contribution in [-0.4, -0.2) is 49.5 Å². The van der Waals surface area contributed by atoms with Gasteiger partial charge in [-0.1, -0.05) is 20.8 Å². The second kappa shape index (κ2) is 9.64. The molecule has 0 aromatic rings. The van der Waals surface area contributed by atoms with E-state index in [-0.39, 0.29) is 12.5 Å². The zero-order chi connectivity index (χ0) is 15.7. The lowest BCUT2D eigenvalue weighted by atomic mass is 9.97. The Morgan fingerprint density at radius 1 is 1.33 bits per heavy atom. The molecule has 5 nitrogen and oxygen atoms in total. The number of nitrogens with zero attached hydrogens (tertiary/aromatic N) is 2. The Hall–Kier alpha value is -1.26. The lowest BCUT2D eigenvalue weighted by Crippen LogP contribution is -2.41. The van der Waals surface area contributed by atoms with Crippen LogP contribution in [0.3, 0.4) is 0 Å². The fourth-order valence-electron chi connectivity index (χ4n) is 2.78. The number of hydrogen-bond donors (Lipinski definition) is 2. The molecular weight excluding hydrogens is 264 g/mol. The molecule has 1 unspecified atom stereocenters. The summed E-state index contributed by atoms with van der Waals surface area (Å²) < 4.78 is 0. The van der Waals surface area contributed by atoms with Gasteiger partial charge < -0.3 is 15.5 Å². The van der Waals surface area contributed by atoms with Gasteiger partial charge in [-0.3, -0.25) is 4.79 Å². The van der Waals surface area contributed by atoms with E-state index >= 15 is 0 Å². The molecule has 1 saturated heterocycles. The molecule has 1 rings (SSSR count). The standard InChI is InChI=1S/C16H32N4O/c1-5-8-18-15(21)11-19-16(17-6-2)20-9-7-14(12-20)10-13(3)4/h13-14H,5-12H2,1-4H3,(H,17,19)(H,18,21). The summed E-state index contributed by atoms with van der Waals surface area (Å²) in [6.07, 6.45) is 3.45. The van der Waals surface area contributed by atoms with Gasteiger partial charge in [-0.05, 0) is 38.0 Å². The van der Waals surface area contributed by atoms with Gasteiger partial charge in [0.15, 0.2) is 5.96 Å². The Morgan fingerprint density at radius 3 is 2.71 bits per heavy atom. The molecule has 0 aliphatic carbocycles. The van der Waals surface area contributed by atoms with E-state index in [0.717, 1.165) is 50.4 Å². The molecule has 1 fully saturated rings. The van der Waals surface area contributed by atoms with E-state index in [9.17, 15) is 4.79 Å². The number of nitrogens with one attached hydrogen (secondary N) is 2. The topological polar surface area (TPSA) is 56.7 Å². The first-order valence-electron chi connectivity index (χ1n) is 8.36. The number of amides is 1. The monoisotopic (exact) mass is 296 g/mol. The highest BCUT2D eigenvalue weighted by atomic mass is 16.1. The molecule has 1 aliphatic rings. The van der Waals surface area contributed by atoms with Crippen LogP contribution in [0.25, 0.3) is 0 Å². The van der Waals surface area contributed by atoms with Crippen molar-refractivity contribution < 1.29 is 4.79 Å². The molecule has 122 valence electrons. The van der Waals surface area contributed by atoms with Crippen LogP contribution < -0.4 is 10.6 Å². The third-order valence-corrected chi connectivity index (χ3v) is 3.67. The van der Waals surface area contributed by atoms with E-state index in [1.165, 1.54) is 12.8 Å². The molecule has 0 saturated carbocycles. The van der Waals surface area contributed by atoms with E-state index in [1.54, 1.807) is 0 Å². The number of rotatable bonds is 7. The highest BCUT2D eigenvalue weighted by Crippen LogP contribution is 2.23. The highest BCUT2D eigenvalue weighted by Gasteiger charge is 2.25. The zero-order valence-corrected chi connectivity index (χ0v) is 14.1. The molecular formula is C16H32N4O. The average molecular weight is 296 g/mol. The first kappa shape index (κ1) is 17.8. The van der Waals surface area contributed by atoms with Gasteiger partial charge in [0.25, 0.3) is 0 Å². The predicted molar refractivity (Wildman–Crippen MR) is 88.4 cm³/mol. The van der Waals surface area contributed by atoms with Crippen LogP contribution in [-0.2, 0) is 4.79 Å². The van der Waals surface area contributed by atoms with Crippen molar-refractivity contribution >= 4 is 11.9 Å². The number of aliphatic imine (C=N–C) groups is 1. The smallest absolute Gasteiger partial charge is 0.241 e. The minimum absolute atomic E-state index is 0.00480. The maximum absolute atomic E-state index is 11.7. The molecule has 0 aromatic carbocycles. The Balaban J connectivity index is 2.51. The largest absolute Gasteiger partial charge is 0.357 e. The molecule has 21 heavy (non-hydrogen) atoms. The average Bonchev–Trinajstić information content (AvgIpc) is 2.88. The van der Waals surface area contributed by atoms with Gasteiger partial charge in [0.2, 0.25) is 5.91 Å². The molecule has 0 spiro atoms. The molecule has 1 atom stereocenters. The number of likely N-dealkylation sites (tertiary alicyclic amines) is 1. The molecule has 1 amide bonds. The van der Waals surface area contributed by atoms with Crippen LogP contribution in [0, 0.1) is 11.8 Å². The Bertz CT molecular complexity index is 341. The lowest BCUT2D eigenvalue weighted by molar-refractivity contribution is -0.119. The molecule has 0 aromatic heterocycles. The minimum atomic E-state index is 0.00480. The van der Waals surface area contributed by atoms with Crippen molar-refractivity contribution in [3.8, 4) is 0 Å². The number of hydrogen-bond acceptors (Lipinski definition) is 2. The van der Waals surface area contributed by atoms with Crippen LogP contribution in [0.2, 0.25) is 0 Å². The Labute approximate surface area is 129 Å². The van der Waals surface area contributed by atoms with Gasteiger partial charge >= 0.3 is 0 Å². The van der Waals surface area contributed by atoms with Gasteiger partial charge in [0.1, 0.15) is 6.54 Å². The van der Waals surface area contributed by atoms with Gasteiger partial charge in [-0.25, -0.2) is 4.99 Å². The van der Waals surface area contributed by atoms with E-state index < -0.39 is 0 Å². The Kier molecular flexibility index (Phi) is 8.16. The normalized spacial score (nSPS) is 19.2. The number of carbonyl (C=O) groups is 1. The summed E-state index contributed by atoms with van der Waals surface area (Å²) in [4.78, 5) is 18.4. The van der Waals surface area contributed by atoms with Crippen LogP contribution in [0.4, 0.5) is 0 Å². The van der Waals surface area contributed by atoms with Crippen LogP contribution in [0.15, 0.2) is 4.99 Å². The molecule has 2 N–H and O–H groups in total. The summed E-state index contributed by atoms with van der Waals surface area (Å²) >= 11 is 0. The maximum atomic E-state index is 11.7. The van der Waals surface area contributed by atoms with Gasteiger partial charge in [0, 0.05) is 26.2 Å². The van der Waals surface area contributed by atoms with Crippen LogP contribution >= 0.6 is 0 Å². The zero-order valence-electron chi connectivity index (χ0n) is 14.1. The summed E-state index contributed by atoms with van der Waals surface area (Å²) in [6.45, 7) is 12.5. The van der Waals surface area contributed by atoms with Gasteiger partial charge in [-0.2, -0.15) is 0 Å². The highest BCUT2D eigenvalue weighted by molar-refractivity contribution is 5.85. The molecule has 1 aliphatic heterocycles. The quantitative estimate of drug-likeness (QED) is 0.557. The van der Waals surface area contributed by atoms with Crippen molar-refractivity contribution in [3.05, 3.63) is 0 Å². The Morgan fingerprint density at radius 2 is 2.10 bits per heavy atom. The second-order valence-corrected chi connectivity index (χ2v) is 6.25. The minimum Gasteiger partial charge on any atom is -0.357 e. The van der Waals surface area contributed by atoms with E-state index in [2.05, 4.69) is 41.3 Å². The summed E-state index contributed by atoms with van der Waals surface area (Å²) in [7, 11) is 0. The third-order valence-electron chi connectivity index (χ3n) is 3.67. The summed E-state index contributed by atoms with van der Waals surface area (Å²) in [6, 6.07) is 0. The summed E-state index contributed by atoms with van der Waals surface area (Å²) in [5, 5.41) is 6.17. The summed E-state index contributed by atoms with van der Waals surface area (Å²) in [5.41, 5.74) is 0. The molecule has 1 heterocycles. The lowest BCUT2D eigenvalue weighted by Gasteiger charge is -2.22. The van der Waals surface area contributed by atoms with Gasteiger partial charge in [0.05, 0.1) is 0 Å². The predicted octanol–water partition coefficient (Wildman–Crippen LogP) is 1.85. The van der Waals surface area contributed by atoms with Crippen LogP contribution in [0.1, 0.15) is 47.0 Å². The molecule has 0 radical (unpaired) electrons. The van der Waals surface area contributed by atoms with Crippen molar-refractivity contribution in [2.75, 3.05) is 32.7 Å². The molecule has 0 bridgehead atoms. The second-order valence-electron chi connectivity index (χ2n) is 6.25. The number of guanidine groups is 1. The first-order chi connectivity index (χ1) is 10.1. The van der Waals surface area contributed by atoms with Crippen molar-refractivity contribution in [3.63, 3.8) is 0 Å². The van der Waals surface area contributed by atoms with E-state index in [1.807, 2.05) is 6.92 Å². The van der Waals surface area contributed by atoms with Crippen molar-refractivity contribution in [2.45, 2.75) is 47.0 Å². The fourth-order valence-corrected chi connectivity index (χ4v) is 2.78. The number of carbonyl (C=O) groups excluding carboxylic acids is 1. The summed E-state index contributed by atoms with van der Waals surface area (Å²) in [5.74, 6) is 2.39. The van der Waals surface area contributed by atoms with Crippen molar-refractivity contribution in [2.24, 2.45) is 16.8 Å². The third kappa shape index (κ3) is 6.82. The fraction of sp³-hybridized carbons (Fsp3) is 0.875. The van der Waals surface area contributed by atoms with E-state index in [0.29, 0.717) is 0 Å². The van der Waals surface area contributed by atoms with Crippen molar-refractivity contribution in [1.82, 2.24) is 15.5 Å².